The van der Waals surface area contributed by atoms with Gasteiger partial charge in [-0.25, -0.2) is 9.37 Å². The number of nitrogens with one attached hydrogen (secondary N) is 1. The summed E-state index contributed by atoms with van der Waals surface area (Å²) < 4.78 is 15.8. The highest BCUT2D eigenvalue weighted by atomic mass is 19.1. The molecule has 5 nitrogen and oxygen atoms in total. The Morgan fingerprint density at radius 1 is 1.26 bits per heavy atom. The van der Waals surface area contributed by atoms with E-state index in [1.807, 2.05) is 29.2 Å². The van der Waals surface area contributed by atoms with Crippen LogP contribution in [0.25, 0.3) is 11.0 Å². The molecule has 0 saturated carbocycles. The minimum atomic E-state index is -0.267. The normalized spacial score (nSPS) is 19.4. The fraction of sp³-hybridized carbons (Fsp3) is 0.412. The summed E-state index contributed by atoms with van der Waals surface area (Å²) in [6.07, 6.45) is 7.42. The maximum atomic E-state index is 13.8. The zero-order valence-corrected chi connectivity index (χ0v) is 13.0. The van der Waals surface area contributed by atoms with Crippen molar-refractivity contribution in [3.8, 4) is 0 Å². The Kier molecular flexibility index (Phi) is 3.83. The Bertz CT molecular complexity index is 779. The van der Waals surface area contributed by atoms with Crippen LogP contribution in [0.2, 0.25) is 0 Å². The molecule has 120 valence electrons. The number of piperidine rings is 1. The SMILES string of the molecule is Fc1cccc2[nH]c(CN3CCCC[C@H]3Cn3cccn3)nc12. The third-order valence-electron chi connectivity index (χ3n) is 4.57. The molecule has 3 heterocycles. The van der Waals surface area contributed by atoms with Gasteiger partial charge in [0.2, 0.25) is 0 Å². The van der Waals surface area contributed by atoms with E-state index in [4.69, 9.17) is 0 Å². The van der Waals surface area contributed by atoms with Gasteiger partial charge < -0.3 is 4.98 Å². The maximum Gasteiger partial charge on any atom is 0.151 e. The molecule has 0 bridgehead atoms. The molecule has 0 aliphatic carbocycles. The number of halogens is 1. The van der Waals surface area contributed by atoms with Crippen LogP contribution >= 0.6 is 0 Å². The predicted octanol–water partition coefficient (Wildman–Crippen LogP) is 2.95. The second kappa shape index (κ2) is 6.12. The van der Waals surface area contributed by atoms with Gasteiger partial charge in [-0.2, -0.15) is 5.10 Å². The first-order valence-electron chi connectivity index (χ1n) is 8.14. The molecular weight excluding hydrogens is 293 g/mol. The Hall–Kier alpha value is -2.21. The molecule has 1 aliphatic rings. The van der Waals surface area contributed by atoms with Crippen LogP contribution in [0, 0.1) is 5.82 Å². The Labute approximate surface area is 134 Å². The highest BCUT2D eigenvalue weighted by molar-refractivity contribution is 5.75. The van der Waals surface area contributed by atoms with E-state index in [0.29, 0.717) is 11.6 Å². The van der Waals surface area contributed by atoms with Crippen LogP contribution in [0.15, 0.2) is 36.7 Å². The number of H-pyrrole nitrogens is 1. The number of likely N-dealkylation sites (tertiary alicyclic amines) is 1. The van der Waals surface area contributed by atoms with Crippen LogP contribution < -0.4 is 0 Å². The minimum absolute atomic E-state index is 0.267. The van der Waals surface area contributed by atoms with E-state index in [-0.39, 0.29) is 5.82 Å². The average Bonchev–Trinajstić information content (AvgIpc) is 3.19. The molecule has 1 saturated heterocycles. The molecule has 2 aromatic heterocycles. The molecule has 4 rings (SSSR count). The van der Waals surface area contributed by atoms with Crippen molar-refractivity contribution >= 4 is 11.0 Å². The Morgan fingerprint density at radius 2 is 2.22 bits per heavy atom. The van der Waals surface area contributed by atoms with Crippen molar-refractivity contribution in [1.82, 2.24) is 24.6 Å². The van der Waals surface area contributed by atoms with E-state index >= 15 is 0 Å². The number of hydrogen-bond donors (Lipinski definition) is 1. The summed E-state index contributed by atoms with van der Waals surface area (Å²) in [5.74, 6) is 0.564. The number of para-hydroxylation sites is 1. The summed E-state index contributed by atoms with van der Waals surface area (Å²) in [7, 11) is 0. The number of fused-ring (bicyclic) bond motifs is 1. The molecule has 1 aromatic carbocycles. The molecule has 1 fully saturated rings. The number of benzene rings is 1. The lowest BCUT2D eigenvalue weighted by molar-refractivity contribution is 0.119. The Balaban J connectivity index is 1.53. The lowest BCUT2D eigenvalue weighted by atomic mass is 10.0. The van der Waals surface area contributed by atoms with Crippen molar-refractivity contribution in [3.63, 3.8) is 0 Å². The molecule has 6 heteroatoms. The van der Waals surface area contributed by atoms with Crippen molar-refractivity contribution < 1.29 is 4.39 Å². The number of aromatic nitrogens is 4. The standard InChI is InChI=1S/C17H20FN5/c18-14-6-3-7-15-17(14)21-16(20-15)12-22-9-2-1-5-13(22)11-23-10-4-8-19-23/h3-4,6-8,10,13H,1-2,5,9,11-12H2,(H,20,21)/t13-/m0/s1. The maximum absolute atomic E-state index is 13.8. The number of imidazole rings is 1. The van der Waals surface area contributed by atoms with Crippen molar-refractivity contribution in [2.75, 3.05) is 6.54 Å². The predicted molar refractivity (Wildman–Crippen MR) is 86.3 cm³/mol. The van der Waals surface area contributed by atoms with Gasteiger partial charge in [-0.15, -0.1) is 0 Å². The van der Waals surface area contributed by atoms with Crippen LogP contribution in [0.3, 0.4) is 0 Å². The summed E-state index contributed by atoms with van der Waals surface area (Å²) >= 11 is 0. The lowest BCUT2D eigenvalue weighted by Crippen LogP contribution is -2.41. The monoisotopic (exact) mass is 313 g/mol. The van der Waals surface area contributed by atoms with Gasteiger partial charge in [0.25, 0.3) is 0 Å². The second-order valence-corrected chi connectivity index (χ2v) is 6.17. The quantitative estimate of drug-likeness (QED) is 0.805. The zero-order valence-electron chi connectivity index (χ0n) is 13.0. The van der Waals surface area contributed by atoms with E-state index in [9.17, 15) is 4.39 Å². The molecule has 0 radical (unpaired) electrons. The third kappa shape index (κ3) is 2.99. The summed E-state index contributed by atoms with van der Waals surface area (Å²) in [4.78, 5) is 10.1. The molecule has 0 amide bonds. The van der Waals surface area contributed by atoms with Crippen LogP contribution in [-0.4, -0.2) is 37.2 Å². The first-order valence-corrected chi connectivity index (χ1v) is 8.14. The molecule has 0 unspecified atom stereocenters. The van der Waals surface area contributed by atoms with E-state index in [1.165, 1.54) is 18.9 Å². The van der Waals surface area contributed by atoms with Crippen LogP contribution in [0.1, 0.15) is 25.1 Å². The first kappa shape index (κ1) is 14.4. The van der Waals surface area contributed by atoms with Crippen LogP contribution in [-0.2, 0) is 13.1 Å². The van der Waals surface area contributed by atoms with Crippen LogP contribution in [0.4, 0.5) is 4.39 Å². The second-order valence-electron chi connectivity index (χ2n) is 6.17. The molecule has 1 atom stereocenters. The van der Waals surface area contributed by atoms with E-state index in [0.717, 1.165) is 37.4 Å². The highest BCUT2D eigenvalue weighted by Crippen LogP contribution is 2.22. The highest BCUT2D eigenvalue weighted by Gasteiger charge is 2.24. The van der Waals surface area contributed by atoms with E-state index < -0.39 is 0 Å². The smallest absolute Gasteiger partial charge is 0.151 e. The molecule has 23 heavy (non-hydrogen) atoms. The van der Waals surface area contributed by atoms with Gasteiger partial charge in [0.1, 0.15) is 11.3 Å². The van der Waals surface area contributed by atoms with Gasteiger partial charge in [-0.1, -0.05) is 12.5 Å². The molecule has 0 spiro atoms. The number of nitrogens with zero attached hydrogens (tertiary/aromatic N) is 4. The van der Waals surface area contributed by atoms with Crippen molar-refractivity contribution in [3.05, 3.63) is 48.3 Å². The number of aromatic amines is 1. The van der Waals surface area contributed by atoms with Gasteiger partial charge in [0.15, 0.2) is 5.82 Å². The summed E-state index contributed by atoms with van der Waals surface area (Å²) in [6, 6.07) is 7.43. The molecule has 1 N–H and O–H groups in total. The van der Waals surface area contributed by atoms with Crippen molar-refractivity contribution in [2.24, 2.45) is 0 Å². The zero-order chi connectivity index (χ0) is 15.6. The van der Waals surface area contributed by atoms with E-state index in [2.05, 4.69) is 20.0 Å². The average molecular weight is 313 g/mol. The topological polar surface area (TPSA) is 49.7 Å². The largest absolute Gasteiger partial charge is 0.341 e. The summed E-state index contributed by atoms with van der Waals surface area (Å²) in [5, 5.41) is 4.32. The molecular formula is C17H20FN5. The fourth-order valence-corrected chi connectivity index (χ4v) is 3.41. The van der Waals surface area contributed by atoms with Gasteiger partial charge in [-0.05, 0) is 37.6 Å². The van der Waals surface area contributed by atoms with E-state index in [1.54, 1.807) is 6.07 Å². The number of hydrogen-bond acceptors (Lipinski definition) is 3. The Morgan fingerprint density at radius 3 is 3.04 bits per heavy atom. The van der Waals surface area contributed by atoms with Crippen molar-refractivity contribution in [1.29, 1.82) is 0 Å². The van der Waals surface area contributed by atoms with Gasteiger partial charge in [0.05, 0.1) is 18.6 Å². The van der Waals surface area contributed by atoms with Gasteiger partial charge in [-0.3, -0.25) is 9.58 Å². The third-order valence-corrected chi connectivity index (χ3v) is 4.57. The molecule has 1 aliphatic heterocycles. The lowest BCUT2D eigenvalue weighted by Gasteiger charge is -2.35. The van der Waals surface area contributed by atoms with Crippen LogP contribution in [0.5, 0.6) is 0 Å². The summed E-state index contributed by atoms with van der Waals surface area (Å²) in [6.45, 7) is 2.66. The summed E-state index contributed by atoms with van der Waals surface area (Å²) in [5.41, 5.74) is 1.20. The van der Waals surface area contributed by atoms with Gasteiger partial charge in [0, 0.05) is 18.4 Å². The minimum Gasteiger partial charge on any atom is -0.341 e. The number of rotatable bonds is 4. The fourth-order valence-electron chi connectivity index (χ4n) is 3.41. The molecule has 3 aromatic rings. The van der Waals surface area contributed by atoms with Crippen molar-refractivity contribution in [2.45, 2.75) is 38.4 Å². The first-order chi connectivity index (χ1) is 11.3. The van der Waals surface area contributed by atoms with Gasteiger partial charge >= 0.3 is 0 Å².